The second kappa shape index (κ2) is 5.38. The number of hydrogen-bond donors (Lipinski definition) is 1. The Bertz CT molecular complexity index is 513. The first-order chi connectivity index (χ1) is 8.15. The Labute approximate surface area is 109 Å². The van der Waals surface area contributed by atoms with Gasteiger partial charge in [0.05, 0.1) is 0 Å². The molecule has 90 valence electrons. The lowest BCUT2D eigenvalue weighted by atomic mass is 10.1. The third-order valence-electron chi connectivity index (χ3n) is 2.21. The molecule has 2 aromatic rings. The molecule has 17 heavy (non-hydrogen) atoms. The van der Waals surface area contributed by atoms with Crippen LogP contribution in [-0.4, -0.2) is 16.7 Å². The molecule has 1 heterocycles. The van der Waals surface area contributed by atoms with Crippen molar-refractivity contribution in [1.82, 2.24) is 10.2 Å². The van der Waals surface area contributed by atoms with Crippen LogP contribution in [0.3, 0.4) is 0 Å². The minimum Gasteiger partial charge on any atom is -0.408 e. The van der Waals surface area contributed by atoms with Crippen LogP contribution in [0, 0.1) is 6.92 Å². The first kappa shape index (κ1) is 12.2. The summed E-state index contributed by atoms with van der Waals surface area (Å²) in [5.41, 5.74) is 1.03. The van der Waals surface area contributed by atoms with E-state index in [0.29, 0.717) is 28.5 Å². The van der Waals surface area contributed by atoms with Gasteiger partial charge in [-0.05, 0) is 24.1 Å². The average molecular weight is 272 g/mol. The number of nitrogens with zero attached hydrogens (tertiary/aromatic N) is 2. The minimum absolute atomic E-state index is 0.424. The predicted molar refractivity (Wildman–Crippen MR) is 67.7 cm³/mol. The molecule has 0 spiro atoms. The highest BCUT2D eigenvalue weighted by Crippen LogP contribution is 2.21. The van der Waals surface area contributed by atoms with Crippen molar-refractivity contribution < 1.29 is 4.42 Å². The molecule has 0 aliphatic heterocycles. The lowest BCUT2D eigenvalue weighted by molar-refractivity contribution is 0.531. The van der Waals surface area contributed by atoms with Gasteiger partial charge in [0, 0.05) is 23.5 Å². The highest BCUT2D eigenvalue weighted by atomic mass is 35.5. The van der Waals surface area contributed by atoms with E-state index in [9.17, 15) is 0 Å². The van der Waals surface area contributed by atoms with E-state index in [2.05, 4.69) is 15.5 Å². The number of anilines is 1. The highest BCUT2D eigenvalue weighted by Gasteiger charge is 2.03. The molecule has 0 bridgehead atoms. The number of hydrogen-bond acceptors (Lipinski definition) is 4. The Morgan fingerprint density at radius 2 is 2.12 bits per heavy atom. The zero-order chi connectivity index (χ0) is 12.3. The first-order valence-electron chi connectivity index (χ1n) is 5.13. The van der Waals surface area contributed by atoms with Crippen LogP contribution in [0.5, 0.6) is 0 Å². The molecular weight excluding hydrogens is 261 g/mol. The molecule has 0 aliphatic carbocycles. The summed E-state index contributed by atoms with van der Waals surface area (Å²) in [5, 5.41) is 11.9. The van der Waals surface area contributed by atoms with E-state index in [1.165, 1.54) is 0 Å². The Balaban J connectivity index is 1.90. The Morgan fingerprint density at radius 1 is 1.29 bits per heavy atom. The molecule has 0 radical (unpaired) electrons. The standard InChI is InChI=1S/C11H11Cl2N3O/c1-7-15-16-11(17-7)14-5-4-8-2-3-9(12)6-10(8)13/h2-3,6H,4-5H2,1H3,(H,14,16). The van der Waals surface area contributed by atoms with Gasteiger partial charge in [-0.2, -0.15) is 0 Å². The van der Waals surface area contributed by atoms with E-state index in [1.54, 1.807) is 13.0 Å². The maximum absolute atomic E-state index is 6.05. The van der Waals surface area contributed by atoms with Crippen molar-refractivity contribution in [3.05, 3.63) is 39.7 Å². The van der Waals surface area contributed by atoms with E-state index in [-0.39, 0.29) is 0 Å². The summed E-state index contributed by atoms with van der Waals surface area (Å²) in [4.78, 5) is 0. The molecule has 1 N–H and O–H groups in total. The Hall–Kier alpha value is -1.26. The second-order valence-corrected chi connectivity index (χ2v) is 4.38. The van der Waals surface area contributed by atoms with Gasteiger partial charge in [-0.1, -0.05) is 34.4 Å². The van der Waals surface area contributed by atoms with E-state index < -0.39 is 0 Å². The Morgan fingerprint density at radius 3 is 2.76 bits per heavy atom. The van der Waals surface area contributed by atoms with Gasteiger partial charge in [0.1, 0.15) is 0 Å². The summed E-state index contributed by atoms with van der Waals surface area (Å²) in [6, 6.07) is 5.88. The van der Waals surface area contributed by atoms with Crippen LogP contribution in [0.4, 0.5) is 6.01 Å². The topological polar surface area (TPSA) is 51.0 Å². The molecular formula is C11H11Cl2N3O. The molecule has 0 unspecified atom stereocenters. The third-order valence-corrected chi connectivity index (χ3v) is 2.80. The van der Waals surface area contributed by atoms with Crippen LogP contribution in [0.2, 0.25) is 10.0 Å². The average Bonchev–Trinajstić information content (AvgIpc) is 2.68. The number of nitrogens with one attached hydrogen (secondary N) is 1. The summed E-state index contributed by atoms with van der Waals surface area (Å²) in [5.74, 6) is 0.539. The summed E-state index contributed by atoms with van der Waals surface area (Å²) < 4.78 is 5.18. The third kappa shape index (κ3) is 3.35. The van der Waals surface area contributed by atoms with Crippen molar-refractivity contribution in [2.45, 2.75) is 13.3 Å². The predicted octanol–water partition coefficient (Wildman–Crippen LogP) is 3.34. The first-order valence-corrected chi connectivity index (χ1v) is 5.88. The van der Waals surface area contributed by atoms with Crippen molar-refractivity contribution in [3.63, 3.8) is 0 Å². The van der Waals surface area contributed by atoms with Crippen LogP contribution in [0.15, 0.2) is 22.6 Å². The summed E-state index contributed by atoms with van der Waals surface area (Å²) in [7, 11) is 0. The summed E-state index contributed by atoms with van der Waals surface area (Å²) >= 11 is 11.9. The summed E-state index contributed by atoms with van der Waals surface area (Å²) in [6.45, 7) is 2.41. The van der Waals surface area contributed by atoms with Crippen LogP contribution in [-0.2, 0) is 6.42 Å². The highest BCUT2D eigenvalue weighted by molar-refractivity contribution is 6.35. The van der Waals surface area contributed by atoms with Gasteiger partial charge in [0.2, 0.25) is 5.89 Å². The van der Waals surface area contributed by atoms with Crippen LogP contribution in [0.1, 0.15) is 11.5 Å². The molecule has 2 rings (SSSR count). The largest absolute Gasteiger partial charge is 0.408 e. The molecule has 0 aliphatic rings. The smallest absolute Gasteiger partial charge is 0.315 e. The zero-order valence-corrected chi connectivity index (χ0v) is 10.7. The van der Waals surface area contributed by atoms with Crippen LogP contribution in [0.25, 0.3) is 0 Å². The molecule has 1 aromatic heterocycles. The number of benzene rings is 1. The SMILES string of the molecule is Cc1nnc(NCCc2ccc(Cl)cc2Cl)o1. The number of aryl methyl sites for hydroxylation is 1. The molecule has 0 saturated carbocycles. The fourth-order valence-electron chi connectivity index (χ4n) is 1.40. The number of aromatic nitrogens is 2. The van der Waals surface area contributed by atoms with E-state index >= 15 is 0 Å². The van der Waals surface area contributed by atoms with Crippen LogP contribution >= 0.6 is 23.2 Å². The van der Waals surface area contributed by atoms with Gasteiger partial charge in [0.25, 0.3) is 0 Å². The zero-order valence-electron chi connectivity index (χ0n) is 9.20. The van der Waals surface area contributed by atoms with Crippen molar-refractivity contribution >= 4 is 29.2 Å². The van der Waals surface area contributed by atoms with Crippen molar-refractivity contribution in [2.75, 3.05) is 11.9 Å². The van der Waals surface area contributed by atoms with E-state index in [0.717, 1.165) is 12.0 Å². The molecule has 4 nitrogen and oxygen atoms in total. The molecule has 6 heteroatoms. The second-order valence-electron chi connectivity index (χ2n) is 3.54. The normalized spacial score (nSPS) is 10.5. The van der Waals surface area contributed by atoms with Gasteiger partial charge >= 0.3 is 6.01 Å². The fraction of sp³-hybridized carbons (Fsp3) is 0.273. The van der Waals surface area contributed by atoms with Gasteiger partial charge < -0.3 is 9.73 Å². The van der Waals surface area contributed by atoms with Gasteiger partial charge in [-0.25, -0.2) is 0 Å². The molecule has 0 atom stereocenters. The molecule has 0 saturated heterocycles. The molecule has 1 aromatic carbocycles. The Kier molecular flexibility index (Phi) is 3.86. The van der Waals surface area contributed by atoms with Crippen molar-refractivity contribution in [2.24, 2.45) is 0 Å². The maximum atomic E-state index is 6.05. The molecule has 0 amide bonds. The minimum atomic E-state index is 0.424. The van der Waals surface area contributed by atoms with Crippen LogP contribution < -0.4 is 5.32 Å². The lowest BCUT2D eigenvalue weighted by Gasteiger charge is -2.04. The summed E-state index contributed by atoms with van der Waals surface area (Å²) in [6.07, 6.45) is 0.761. The number of halogens is 2. The molecule has 0 fully saturated rings. The lowest BCUT2D eigenvalue weighted by Crippen LogP contribution is -2.05. The number of rotatable bonds is 4. The van der Waals surface area contributed by atoms with Gasteiger partial charge in [-0.3, -0.25) is 0 Å². The maximum Gasteiger partial charge on any atom is 0.315 e. The van der Waals surface area contributed by atoms with E-state index in [4.69, 9.17) is 27.6 Å². The monoisotopic (exact) mass is 271 g/mol. The van der Waals surface area contributed by atoms with Crippen molar-refractivity contribution in [1.29, 1.82) is 0 Å². The van der Waals surface area contributed by atoms with Gasteiger partial charge in [-0.15, -0.1) is 5.10 Å². The quantitative estimate of drug-likeness (QED) is 0.927. The van der Waals surface area contributed by atoms with Gasteiger partial charge in [0.15, 0.2) is 0 Å². The van der Waals surface area contributed by atoms with E-state index in [1.807, 2.05) is 12.1 Å². The fourth-order valence-corrected chi connectivity index (χ4v) is 1.90. The van der Waals surface area contributed by atoms with Crippen molar-refractivity contribution in [3.8, 4) is 0 Å².